The van der Waals surface area contributed by atoms with Crippen LogP contribution in [0, 0.1) is 5.92 Å². The van der Waals surface area contributed by atoms with Gasteiger partial charge < -0.3 is 19.3 Å². The van der Waals surface area contributed by atoms with E-state index in [9.17, 15) is 9.59 Å². The third kappa shape index (κ3) is 8.23. The van der Waals surface area contributed by atoms with Gasteiger partial charge in [-0.15, -0.1) is 11.3 Å². The fourth-order valence-electron chi connectivity index (χ4n) is 6.76. The Hall–Kier alpha value is -2.69. The van der Waals surface area contributed by atoms with Crippen LogP contribution in [0.15, 0.2) is 23.6 Å². The molecule has 2 amide bonds. The van der Waals surface area contributed by atoms with Crippen LogP contribution in [0.1, 0.15) is 69.8 Å². The first kappa shape index (κ1) is 30.8. The largest absolute Gasteiger partial charge is 0.497 e. The Morgan fingerprint density at radius 1 is 1.02 bits per heavy atom. The summed E-state index contributed by atoms with van der Waals surface area (Å²) in [4.78, 5) is 36.5. The number of likely N-dealkylation sites (tertiary alicyclic amines) is 1. The molecule has 1 saturated carbocycles. The minimum absolute atomic E-state index is 0.0727. The number of ether oxygens (including phenoxy) is 2. The van der Waals surface area contributed by atoms with Gasteiger partial charge in [0, 0.05) is 56.8 Å². The fraction of sp³-hybridized carbons (Fsp3) is 0.656. The van der Waals surface area contributed by atoms with Crippen LogP contribution in [0.3, 0.4) is 0 Å². The van der Waals surface area contributed by atoms with E-state index in [2.05, 4.69) is 38.7 Å². The van der Waals surface area contributed by atoms with Crippen molar-refractivity contribution < 1.29 is 19.1 Å². The quantitative estimate of drug-likeness (QED) is 0.353. The SMILES string of the molecule is CCOC(=O)CCN1CCCC(CN2CCN(C(=O)Nc3nc(-c4cc(OC)ccc4C4CCCCC4)cs3)CC2)C1. The number of rotatable bonds is 10. The Labute approximate surface area is 254 Å². The summed E-state index contributed by atoms with van der Waals surface area (Å²) in [5, 5.41) is 5.75. The van der Waals surface area contributed by atoms with Crippen LogP contribution in [-0.2, 0) is 9.53 Å². The third-order valence-electron chi connectivity index (χ3n) is 9.02. The topological polar surface area (TPSA) is 87.2 Å². The summed E-state index contributed by atoms with van der Waals surface area (Å²) in [6, 6.07) is 6.28. The summed E-state index contributed by atoms with van der Waals surface area (Å²) >= 11 is 1.48. The molecule has 1 aromatic carbocycles. The normalized spacial score (nSPS) is 20.8. The third-order valence-corrected chi connectivity index (χ3v) is 9.77. The molecule has 1 unspecified atom stereocenters. The summed E-state index contributed by atoms with van der Waals surface area (Å²) in [5.74, 6) is 1.88. The van der Waals surface area contributed by atoms with Gasteiger partial charge in [-0.05, 0) is 68.7 Å². The molecule has 3 heterocycles. The summed E-state index contributed by atoms with van der Waals surface area (Å²) < 4.78 is 10.6. The molecule has 0 bridgehead atoms. The molecule has 0 spiro atoms. The van der Waals surface area contributed by atoms with Gasteiger partial charge in [-0.2, -0.15) is 0 Å². The number of nitrogens with one attached hydrogen (secondary N) is 1. The summed E-state index contributed by atoms with van der Waals surface area (Å²) in [6.07, 6.45) is 9.16. The number of anilines is 1. The number of hydrogen-bond acceptors (Lipinski definition) is 8. The zero-order chi connectivity index (χ0) is 29.3. The molecule has 5 rings (SSSR count). The van der Waals surface area contributed by atoms with Crippen LogP contribution in [0.4, 0.5) is 9.93 Å². The highest BCUT2D eigenvalue weighted by atomic mass is 32.1. The number of amides is 2. The van der Waals surface area contributed by atoms with Crippen molar-refractivity contribution in [2.24, 2.45) is 5.92 Å². The monoisotopic (exact) mass is 597 g/mol. The number of carbonyl (C=O) groups is 2. The van der Waals surface area contributed by atoms with E-state index in [4.69, 9.17) is 14.5 Å². The number of aromatic nitrogens is 1. The van der Waals surface area contributed by atoms with Crippen molar-refractivity contribution in [3.63, 3.8) is 0 Å². The predicted molar refractivity (Wildman–Crippen MR) is 167 cm³/mol. The number of carbonyl (C=O) groups excluding carboxylic acids is 2. The van der Waals surface area contributed by atoms with Gasteiger partial charge in [0.2, 0.25) is 0 Å². The van der Waals surface area contributed by atoms with Gasteiger partial charge in [0.15, 0.2) is 5.13 Å². The van der Waals surface area contributed by atoms with Crippen LogP contribution < -0.4 is 10.1 Å². The van der Waals surface area contributed by atoms with E-state index in [1.54, 1.807) is 7.11 Å². The number of nitrogens with zero attached hydrogens (tertiary/aromatic N) is 4. The Morgan fingerprint density at radius 2 is 1.83 bits per heavy atom. The Morgan fingerprint density at radius 3 is 2.60 bits per heavy atom. The second kappa shape index (κ2) is 15.2. The van der Waals surface area contributed by atoms with Gasteiger partial charge in [-0.3, -0.25) is 15.0 Å². The van der Waals surface area contributed by atoms with E-state index in [0.29, 0.717) is 43.1 Å². The molecule has 2 saturated heterocycles. The molecule has 10 heteroatoms. The summed E-state index contributed by atoms with van der Waals surface area (Å²) in [7, 11) is 1.70. The van der Waals surface area contributed by atoms with Crippen molar-refractivity contribution in [1.29, 1.82) is 0 Å². The van der Waals surface area contributed by atoms with Gasteiger partial charge in [0.05, 0.1) is 25.8 Å². The maximum Gasteiger partial charge on any atom is 0.323 e. The van der Waals surface area contributed by atoms with Crippen molar-refractivity contribution in [3.8, 4) is 17.0 Å². The lowest BCUT2D eigenvalue weighted by atomic mass is 9.81. The van der Waals surface area contributed by atoms with E-state index in [1.807, 2.05) is 11.8 Å². The van der Waals surface area contributed by atoms with Crippen LogP contribution >= 0.6 is 11.3 Å². The zero-order valence-electron chi connectivity index (χ0n) is 25.3. The van der Waals surface area contributed by atoms with Crippen molar-refractivity contribution in [3.05, 3.63) is 29.1 Å². The molecule has 9 nitrogen and oxygen atoms in total. The first-order chi connectivity index (χ1) is 20.5. The molecule has 1 atom stereocenters. The number of piperidine rings is 1. The summed E-state index contributed by atoms with van der Waals surface area (Å²) in [6.45, 7) is 9.40. The van der Waals surface area contributed by atoms with Gasteiger partial charge in [-0.25, -0.2) is 9.78 Å². The highest BCUT2D eigenvalue weighted by molar-refractivity contribution is 7.14. The first-order valence-electron chi connectivity index (χ1n) is 15.8. The molecule has 230 valence electrons. The van der Waals surface area contributed by atoms with Crippen molar-refractivity contribution in [2.75, 3.05) is 71.4 Å². The lowest BCUT2D eigenvalue weighted by molar-refractivity contribution is -0.143. The maximum absolute atomic E-state index is 13.1. The van der Waals surface area contributed by atoms with Gasteiger partial charge in [-0.1, -0.05) is 25.3 Å². The van der Waals surface area contributed by atoms with Crippen LogP contribution in [-0.4, -0.2) is 97.8 Å². The van der Waals surface area contributed by atoms with Gasteiger partial charge in [0.25, 0.3) is 0 Å². The minimum Gasteiger partial charge on any atom is -0.497 e. The fourth-order valence-corrected chi connectivity index (χ4v) is 7.46. The molecule has 42 heavy (non-hydrogen) atoms. The number of thiazole rings is 1. The number of piperazine rings is 1. The number of methoxy groups -OCH3 is 1. The van der Waals surface area contributed by atoms with Crippen LogP contribution in [0.25, 0.3) is 11.3 Å². The molecule has 1 aliphatic carbocycles. The number of esters is 1. The van der Waals surface area contributed by atoms with Crippen molar-refractivity contribution >= 4 is 28.5 Å². The molecule has 3 aliphatic rings. The number of hydrogen-bond donors (Lipinski definition) is 1. The highest BCUT2D eigenvalue weighted by Crippen LogP contribution is 2.40. The lowest BCUT2D eigenvalue weighted by Gasteiger charge is -2.39. The van der Waals surface area contributed by atoms with Gasteiger partial charge in [0.1, 0.15) is 5.75 Å². The zero-order valence-corrected chi connectivity index (χ0v) is 26.1. The second-order valence-electron chi connectivity index (χ2n) is 11.9. The Bertz CT molecular complexity index is 1180. The average molecular weight is 598 g/mol. The predicted octanol–water partition coefficient (Wildman–Crippen LogP) is 5.68. The molecule has 1 N–H and O–H groups in total. The van der Waals surface area contributed by atoms with Crippen molar-refractivity contribution in [2.45, 2.75) is 64.2 Å². The highest BCUT2D eigenvalue weighted by Gasteiger charge is 2.27. The van der Waals surface area contributed by atoms with E-state index in [-0.39, 0.29) is 12.0 Å². The Balaban J connectivity index is 1.10. The number of benzene rings is 1. The lowest BCUT2D eigenvalue weighted by Crippen LogP contribution is -2.52. The molecule has 2 aromatic rings. The molecular weight excluding hydrogens is 550 g/mol. The van der Waals surface area contributed by atoms with Gasteiger partial charge >= 0.3 is 12.0 Å². The summed E-state index contributed by atoms with van der Waals surface area (Å²) in [5.41, 5.74) is 3.37. The van der Waals surface area contributed by atoms with Crippen molar-refractivity contribution in [1.82, 2.24) is 19.7 Å². The molecule has 2 aliphatic heterocycles. The van der Waals surface area contributed by atoms with Crippen LogP contribution in [0.2, 0.25) is 0 Å². The van der Waals surface area contributed by atoms with Crippen LogP contribution in [0.5, 0.6) is 5.75 Å². The standard InChI is InChI=1S/C32H47N5O4S/c1-3-41-30(38)13-15-35-14-7-8-24(21-35)22-36-16-18-37(19-17-36)32(39)34-31-33-29(23-42-31)28-20-26(40-2)11-12-27(28)25-9-5-4-6-10-25/h11-12,20,23-25H,3-10,13-19,21-22H2,1-2H3,(H,33,34,39). The van der Waals surface area contributed by atoms with E-state index < -0.39 is 0 Å². The smallest absolute Gasteiger partial charge is 0.323 e. The van der Waals surface area contributed by atoms with E-state index >= 15 is 0 Å². The molecule has 1 aromatic heterocycles. The van der Waals surface area contributed by atoms with E-state index in [1.165, 1.54) is 61.8 Å². The minimum atomic E-state index is -0.104. The molecular formula is C32H47N5O4S. The molecule has 0 radical (unpaired) electrons. The van der Waals surface area contributed by atoms with E-state index in [0.717, 1.165) is 56.3 Å². The number of urea groups is 1. The Kier molecular flexibility index (Phi) is 11.1. The molecule has 3 fully saturated rings. The first-order valence-corrected chi connectivity index (χ1v) is 16.7. The maximum atomic E-state index is 13.1. The average Bonchev–Trinajstić information content (AvgIpc) is 3.49. The second-order valence-corrected chi connectivity index (χ2v) is 12.8.